The van der Waals surface area contributed by atoms with Crippen molar-refractivity contribution in [3.63, 3.8) is 0 Å². The smallest absolute Gasteiger partial charge is 0.408 e. The summed E-state index contributed by atoms with van der Waals surface area (Å²) in [4.78, 5) is 50.4. The number of benzene rings is 1. The van der Waals surface area contributed by atoms with Crippen molar-refractivity contribution in [1.82, 2.24) is 16.0 Å². The SMILES string of the molecule is CSCC[C@H](NC(=O)OC(C)(C)C)C(=O)N[C@H](Cc1ccccc1)C(=O)NCC(=O)OC(C)(C)C. The number of amides is 3. The van der Waals surface area contributed by atoms with Gasteiger partial charge in [-0.3, -0.25) is 14.4 Å². The fourth-order valence-corrected chi connectivity index (χ4v) is 3.42. The van der Waals surface area contributed by atoms with E-state index in [4.69, 9.17) is 9.47 Å². The molecule has 0 bridgehead atoms. The number of hydrogen-bond donors (Lipinski definition) is 3. The molecular formula is C25H39N3O6S. The van der Waals surface area contributed by atoms with Gasteiger partial charge in [0.2, 0.25) is 11.8 Å². The molecule has 0 fully saturated rings. The summed E-state index contributed by atoms with van der Waals surface area (Å²) in [5.41, 5.74) is -0.578. The molecule has 1 rings (SSSR count). The van der Waals surface area contributed by atoms with Crippen LogP contribution in [0.25, 0.3) is 0 Å². The zero-order valence-electron chi connectivity index (χ0n) is 21.7. The average Bonchev–Trinajstić information content (AvgIpc) is 2.72. The summed E-state index contributed by atoms with van der Waals surface area (Å²) in [5.74, 6) is -1.02. The van der Waals surface area contributed by atoms with E-state index in [2.05, 4.69) is 16.0 Å². The molecule has 0 radical (unpaired) electrons. The van der Waals surface area contributed by atoms with Crippen molar-refractivity contribution < 1.29 is 28.7 Å². The zero-order valence-corrected chi connectivity index (χ0v) is 22.5. The molecule has 2 atom stereocenters. The molecule has 196 valence electrons. The molecule has 0 spiro atoms. The van der Waals surface area contributed by atoms with Crippen molar-refractivity contribution in [3.05, 3.63) is 35.9 Å². The van der Waals surface area contributed by atoms with Crippen LogP contribution in [-0.2, 0) is 30.3 Å². The summed E-state index contributed by atoms with van der Waals surface area (Å²) in [7, 11) is 0. The van der Waals surface area contributed by atoms with E-state index in [0.717, 1.165) is 5.56 Å². The Hall–Kier alpha value is -2.75. The molecule has 1 aromatic carbocycles. The highest BCUT2D eigenvalue weighted by atomic mass is 32.2. The third-order valence-electron chi connectivity index (χ3n) is 4.36. The summed E-state index contributed by atoms with van der Waals surface area (Å²) in [6.45, 7) is 10.1. The number of nitrogens with one attached hydrogen (secondary N) is 3. The summed E-state index contributed by atoms with van der Waals surface area (Å²) < 4.78 is 10.5. The Bertz CT molecular complexity index is 849. The predicted octanol–water partition coefficient (Wildman–Crippen LogP) is 2.82. The number of carbonyl (C=O) groups excluding carboxylic acids is 4. The quantitative estimate of drug-likeness (QED) is 0.392. The summed E-state index contributed by atoms with van der Waals surface area (Å²) in [5, 5.41) is 7.87. The van der Waals surface area contributed by atoms with Gasteiger partial charge in [0.25, 0.3) is 0 Å². The first-order chi connectivity index (χ1) is 16.2. The Kier molecular flexibility index (Phi) is 12.1. The highest BCUT2D eigenvalue weighted by Crippen LogP contribution is 2.10. The van der Waals surface area contributed by atoms with Crippen LogP contribution >= 0.6 is 11.8 Å². The van der Waals surface area contributed by atoms with Crippen LogP contribution in [0.5, 0.6) is 0 Å². The molecule has 0 aliphatic heterocycles. The molecule has 3 N–H and O–H groups in total. The van der Waals surface area contributed by atoms with Crippen LogP contribution in [-0.4, -0.2) is 65.7 Å². The number of alkyl carbamates (subject to hydrolysis) is 1. The summed E-state index contributed by atoms with van der Waals surface area (Å²) >= 11 is 1.53. The lowest BCUT2D eigenvalue weighted by Crippen LogP contribution is -2.55. The van der Waals surface area contributed by atoms with Gasteiger partial charge in [-0.1, -0.05) is 30.3 Å². The van der Waals surface area contributed by atoms with Crippen molar-refractivity contribution in [2.45, 2.75) is 77.7 Å². The van der Waals surface area contributed by atoms with E-state index in [1.54, 1.807) is 41.5 Å². The molecule has 0 aliphatic rings. The standard InChI is InChI=1S/C25H39N3O6S/c1-24(2,3)33-20(29)16-26-21(30)19(15-17-11-9-8-10-12-17)27-22(31)18(13-14-35-7)28-23(32)34-25(4,5)6/h8-12,18-19H,13-16H2,1-7H3,(H,26,30)(H,27,31)(H,28,32)/t18-,19+/m0/s1. The lowest BCUT2D eigenvalue weighted by Gasteiger charge is -2.25. The molecule has 9 nitrogen and oxygen atoms in total. The highest BCUT2D eigenvalue weighted by molar-refractivity contribution is 7.98. The first-order valence-electron chi connectivity index (χ1n) is 11.5. The van der Waals surface area contributed by atoms with Crippen molar-refractivity contribution in [3.8, 4) is 0 Å². The van der Waals surface area contributed by atoms with E-state index < -0.39 is 47.2 Å². The molecule has 0 aromatic heterocycles. The minimum absolute atomic E-state index is 0.203. The van der Waals surface area contributed by atoms with E-state index in [0.29, 0.717) is 12.2 Å². The Morgan fingerprint density at radius 2 is 1.46 bits per heavy atom. The van der Waals surface area contributed by atoms with E-state index in [1.807, 2.05) is 36.6 Å². The molecule has 0 aliphatic carbocycles. The van der Waals surface area contributed by atoms with Gasteiger partial charge < -0.3 is 25.4 Å². The zero-order chi connectivity index (χ0) is 26.6. The first kappa shape index (κ1) is 30.3. The van der Waals surface area contributed by atoms with Crippen LogP contribution in [0.3, 0.4) is 0 Å². The Morgan fingerprint density at radius 1 is 0.857 bits per heavy atom. The fourth-order valence-electron chi connectivity index (χ4n) is 2.95. The molecule has 0 unspecified atom stereocenters. The van der Waals surface area contributed by atoms with Crippen LogP contribution in [0.1, 0.15) is 53.5 Å². The molecule has 10 heteroatoms. The number of esters is 1. The molecule has 0 saturated heterocycles. The average molecular weight is 510 g/mol. The van der Waals surface area contributed by atoms with Crippen molar-refractivity contribution in [2.24, 2.45) is 0 Å². The maximum absolute atomic E-state index is 13.1. The maximum Gasteiger partial charge on any atom is 0.408 e. The second-order valence-electron chi connectivity index (χ2n) is 10.0. The van der Waals surface area contributed by atoms with Gasteiger partial charge >= 0.3 is 12.1 Å². The van der Waals surface area contributed by atoms with Gasteiger partial charge in [-0.15, -0.1) is 0 Å². The predicted molar refractivity (Wildman–Crippen MR) is 137 cm³/mol. The highest BCUT2D eigenvalue weighted by Gasteiger charge is 2.29. The van der Waals surface area contributed by atoms with Crippen LogP contribution in [0.2, 0.25) is 0 Å². The molecular weight excluding hydrogens is 470 g/mol. The van der Waals surface area contributed by atoms with Gasteiger partial charge in [-0.05, 0) is 65.5 Å². The maximum atomic E-state index is 13.1. The van der Waals surface area contributed by atoms with Crippen molar-refractivity contribution in [1.29, 1.82) is 0 Å². The third-order valence-corrected chi connectivity index (χ3v) is 5.00. The molecule has 0 heterocycles. The lowest BCUT2D eigenvalue weighted by atomic mass is 10.0. The van der Waals surface area contributed by atoms with Gasteiger partial charge in [0.15, 0.2) is 0 Å². The van der Waals surface area contributed by atoms with Gasteiger partial charge in [0, 0.05) is 6.42 Å². The van der Waals surface area contributed by atoms with Gasteiger partial charge in [-0.2, -0.15) is 11.8 Å². The summed E-state index contributed by atoms with van der Waals surface area (Å²) in [6, 6.07) is 7.33. The van der Waals surface area contributed by atoms with E-state index in [1.165, 1.54) is 11.8 Å². The van der Waals surface area contributed by atoms with Crippen molar-refractivity contribution in [2.75, 3.05) is 18.6 Å². The number of carbonyl (C=O) groups is 4. The molecule has 3 amide bonds. The van der Waals surface area contributed by atoms with E-state index in [-0.39, 0.29) is 13.0 Å². The monoisotopic (exact) mass is 509 g/mol. The Balaban J connectivity index is 2.96. The number of hydrogen-bond acceptors (Lipinski definition) is 7. The van der Waals surface area contributed by atoms with Gasteiger partial charge in [0.05, 0.1) is 0 Å². The topological polar surface area (TPSA) is 123 Å². The number of rotatable bonds is 11. The second-order valence-corrected chi connectivity index (χ2v) is 11.0. The Morgan fingerprint density at radius 3 is 2.00 bits per heavy atom. The fraction of sp³-hybridized carbons (Fsp3) is 0.600. The minimum atomic E-state index is -0.968. The van der Waals surface area contributed by atoms with Crippen LogP contribution in [0.15, 0.2) is 30.3 Å². The first-order valence-corrected chi connectivity index (χ1v) is 12.9. The van der Waals surface area contributed by atoms with Gasteiger partial charge in [0.1, 0.15) is 29.8 Å². The normalized spacial score (nSPS) is 13.2. The second kappa shape index (κ2) is 14.0. The summed E-state index contributed by atoms with van der Waals surface area (Å²) in [6.07, 6.45) is 1.73. The molecule has 35 heavy (non-hydrogen) atoms. The molecule has 1 aromatic rings. The van der Waals surface area contributed by atoms with Crippen LogP contribution < -0.4 is 16.0 Å². The number of thioether (sulfide) groups is 1. The van der Waals surface area contributed by atoms with Crippen LogP contribution in [0.4, 0.5) is 4.79 Å². The largest absolute Gasteiger partial charge is 0.459 e. The van der Waals surface area contributed by atoms with Gasteiger partial charge in [-0.25, -0.2) is 4.79 Å². The van der Waals surface area contributed by atoms with Crippen molar-refractivity contribution >= 4 is 35.6 Å². The van der Waals surface area contributed by atoms with Crippen LogP contribution in [0, 0.1) is 0 Å². The molecule has 0 saturated carbocycles. The minimum Gasteiger partial charge on any atom is -0.459 e. The van der Waals surface area contributed by atoms with E-state index in [9.17, 15) is 19.2 Å². The third kappa shape index (κ3) is 13.7. The Labute approximate surface area is 212 Å². The lowest BCUT2D eigenvalue weighted by molar-refractivity contribution is -0.154. The number of ether oxygens (including phenoxy) is 2. The van der Waals surface area contributed by atoms with E-state index >= 15 is 0 Å².